The number of para-hydroxylation sites is 1. The number of aromatic nitrogens is 6. The third-order valence-corrected chi connectivity index (χ3v) is 5.24. The number of benzene rings is 1. The van der Waals surface area contributed by atoms with E-state index in [0.29, 0.717) is 30.9 Å². The zero-order chi connectivity index (χ0) is 20.9. The van der Waals surface area contributed by atoms with Crippen LogP contribution in [0.25, 0.3) is 22.4 Å². The van der Waals surface area contributed by atoms with Crippen molar-refractivity contribution in [2.45, 2.75) is 12.8 Å². The van der Waals surface area contributed by atoms with Crippen molar-refractivity contribution in [1.82, 2.24) is 29.9 Å². The van der Waals surface area contributed by atoms with Crippen molar-refractivity contribution in [3.05, 3.63) is 54.6 Å². The molecule has 5 rings (SSSR count). The second-order valence-corrected chi connectivity index (χ2v) is 7.38. The monoisotopic (exact) mass is 416 g/mol. The fraction of sp³-hybridized carbons (Fsp3) is 0.318. The minimum absolute atomic E-state index is 0.557. The number of nitrogens with one attached hydrogen (secondary N) is 2. The van der Waals surface area contributed by atoms with Gasteiger partial charge in [-0.25, -0.2) is 4.98 Å². The van der Waals surface area contributed by atoms with Gasteiger partial charge in [0.2, 0.25) is 11.9 Å². The van der Waals surface area contributed by atoms with Gasteiger partial charge in [0.05, 0.1) is 24.0 Å². The smallest absolute Gasteiger partial charge is 0.230 e. The molecular formula is C22H24N8O. The van der Waals surface area contributed by atoms with Gasteiger partial charge in [-0.1, -0.05) is 12.1 Å². The van der Waals surface area contributed by atoms with Crippen LogP contribution < -0.4 is 10.2 Å². The Balaban J connectivity index is 1.47. The van der Waals surface area contributed by atoms with E-state index in [1.165, 1.54) is 0 Å². The summed E-state index contributed by atoms with van der Waals surface area (Å²) in [6.07, 6.45) is 7.12. The van der Waals surface area contributed by atoms with Crippen molar-refractivity contribution >= 4 is 22.9 Å². The van der Waals surface area contributed by atoms with Crippen LogP contribution in [0, 0.1) is 0 Å². The number of H-pyrrole nitrogens is 1. The van der Waals surface area contributed by atoms with Crippen LogP contribution in [-0.2, 0) is 11.2 Å². The number of imidazole rings is 1. The zero-order valence-electron chi connectivity index (χ0n) is 17.2. The molecule has 0 radical (unpaired) electrons. The number of fused-ring (bicyclic) bond motifs is 1. The number of ether oxygens (including phenoxy) is 1. The molecule has 3 aromatic heterocycles. The molecule has 0 aliphatic carbocycles. The molecule has 9 heteroatoms. The van der Waals surface area contributed by atoms with Crippen LogP contribution in [0.2, 0.25) is 0 Å². The number of nitrogens with zero attached hydrogens (tertiary/aromatic N) is 6. The lowest BCUT2D eigenvalue weighted by molar-refractivity contribution is 0.152. The van der Waals surface area contributed by atoms with Crippen molar-refractivity contribution in [2.75, 3.05) is 43.1 Å². The topological polar surface area (TPSA) is 105 Å². The van der Waals surface area contributed by atoms with Gasteiger partial charge in [0.25, 0.3) is 0 Å². The van der Waals surface area contributed by atoms with Crippen molar-refractivity contribution in [3.8, 4) is 11.4 Å². The van der Waals surface area contributed by atoms with Crippen LogP contribution >= 0.6 is 0 Å². The molecule has 0 amide bonds. The number of aromatic amines is 1. The molecule has 0 unspecified atom stereocenters. The zero-order valence-corrected chi connectivity index (χ0v) is 17.2. The Kier molecular flexibility index (Phi) is 5.66. The van der Waals surface area contributed by atoms with Gasteiger partial charge in [-0.15, -0.1) is 0 Å². The first-order chi connectivity index (χ1) is 15.4. The Morgan fingerprint density at radius 1 is 1.06 bits per heavy atom. The fourth-order valence-corrected chi connectivity index (χ4v) is 3.66. The number of pyridine rings is 1. The lowest BCUT2D eigenvalue weighted by Crippen LogP contribution is -2.28. The van der Waals surface area contributed by atoms with Gasteiger partial charge in [0, 0.05) is 44.2 Å². The molecule has 4 aromatic rings. The van der Waals surface area contributed by atoms with Gasteiger partial charge in [-0.3, -0.25) is 4.98 Å². The van der Waals surface area contributed by atoms with Crippen molar-refractivity contribution in [3.63, 3.8) is 0 Å². The molecule has 1 aromatic carbocycles. The fourth-order valence-electron chi connectivity index (χ4n) is 3.66. The van der Waals surface area contributed by atoms with E-state index in [-0.39, 0.29) is 0 Å². The Morgan fingerprint density at radius 3 is 3.00 bits per heavy atom. The van der Waals surface area contributed by atoms with Gasteiger partial charge in [0.1, 0.15) is 0 Å². The quantitative estimate of drug-likeness (QED) is 0.494. The average Bonchev–Trinajstić information content (AvgIpc) is 3.13. The number of rotatable bonds is 6. The highest BCUT2D eigenvalue weighted by molar-refractivity contribution is 5.89. The highest BCUT2D eigenvalue weighted by Crippen LogP contribution is 2.26. The summed E-state index contributed by atoms with van der Waals surface area (Å²) in [6.45, 7) is 3.73. The van der Waals surface area contributed by atoms with Gasteiger partial charge in [-0.2, -0.15) is 15.0 Å². The Morgan fingerprint density at radius 2 is 2.06 bits per heavy atom. The molecule has 1 aliphatic heterocycles. The Hall–Kier alpha value is -3.59. The van der Waals surface area contributed by atoms with E-state index in [4.69, 9.17) is 19.7 Å². The molecule has 2 N–H and O–H groups in total. The summed E-state index contributed by atoms with van der Waals surface area (Å²) in [4.78, 5) is 28.2. The molecule has 0 bridgehead atoms. The van der Waals surface area contributed by atoms with Gasteiger partial charge >= 0.3 is 0 Å². The van der Waals surface area contributed by atoms with Crippen LogP contribution in [0.4, 0.5) is 11.9 Å². The van der Waals surface area contributed by atoms with Crippen LogP contribution in [0.5, 0.6) is 0 Å². The predicted molar refractivity (Wildman–Crippen MR) is 119 cm³/mol. The maximum atomic E-state index is 5.60. The minimum Gasteiger partial charge on any atom is -0.380 e. The third kappa shape index (κ3) is 4.46. The number of hydrogen-bond donors (Lipinski definition) is 2. The molecule has 1 aliphatic rings. The maximum Gasteiger partial charge on any atom is 0.230 e. The van der Waals surface area contributed by atoms with Crippen molar-refractivity contribution < 1.29 is 4.74 Å². The van der Waals surface area contributed by atoms with Gasteiger partial charge in [0.15, 0.2) is 5.82 Å². The maximum absolute atomic E-state index is 5.60. The number of hydrogen-bond acceptors (Lipinski definition) is 8. The summed E-state index contributed by atoms with van der Waals surface area (Å²) in [7, 11) is 0. The minimum atomic E-state index is 0.557. The van der Waals surface area contributed by atoms with E-state index in [1.54, 1.807) is 12.5 Å². The summed E-state index contributed by atoms with van der Waals surface area (Å²) < 4.78 is 5.60. The first kappa shape index (κ1) is 19.4. The standard InChI is InChI=1S/C22H24N8O/c1-5-17(19-18(6-1)25-15-26-19)20-27-21(24-9-7-16-4-2-8-23-14-16)29-22(28-20)30-10-3-12-31-13-11-30/h1-2,4-6,8,14-15H,3,7,9-13H2,(H,25,26)(H,24,27,28,29). The van der Waals surface area contributed by atoms with Crippen molar-refractivity contribution in [1.29, 1.82) is 0 Å². The van der Waals surface area contributed by atoms with Gasteiger partial charge < -0.3 is 19.9 Å². The van der Waals surface area contributed by atoms with E-state index in [9.17, 15) is 0 Å². The Labute approximate surface area is 180 Å². The molecule has 0 saturated carbocycles. The molecule has 1 saturated heterocycles. The highest BCUT2D eigenvalue weighted by atomic mass is 16.5. The van der Waals surface area contributed by atoms with Crippen LogP contribution in [-0.4, -0.2) is 62.8 Å². The molecule has 0 spiro atoms. The molecular weight excluding hydrogens is 392 g/mol. The molecule has 4 heterocycles. The molecule has 0 atom stereocenters. The van der Waals surface area contributed by atoms with Crippen molar-refractivity contribution in [2.24, 2.45) is 0 Å². The van der Waals surface area contributed by atoms with Crippen LogP contribution in [0.3, 0.4) is 0 Å². The first-order valence-electron chi connectivity index (χ1n) is 10.5. The lowest BCUT2D eigenvalue weighted by Gasteiger charge is -2.20. The predicted octanol–water partition coefficient (Wildman–Crippen LogP) is 2.69. The summed E-state index contributed by atoms with van der Waals surface area (Å²) in [5.41, 5.74) is 3.84. The van der Waals surface area contributed by atoms with Crippen LogP contribution in [0.15, 0.2) is 49.1 Å². The summed E-state index contributed by atoms with van der Waals surface area (Å²) in [6, 6.07) is 9.98. The highest BCUT2D eigenvalue weighted by Gasteiger charge is 2.18. The molecule has 158 valence electrons. The molecule has 9 nitrogen and oxygen atoms in total. The van der Waals surface area contributed by atoms with E-state index < -0.39 is 0 Å². The van der Waals surface area contributed by atoms with Crippen LogP contribution in [0.1, 0.15) is 12.0 Å². The van der Waals surface area contributed by atoms with E-state index >= 15 is 0 Å². The Bertz CT molecular complexity index is 1140. The largest absolute Gasteiger partial charge is 0.380 e. The lowest BCUT2D eigenvalue weighted by atomic mass is 10.1. The summed E-state index contributed by atoms with van der Waals surface area (Å²) in [5, 5.41) is 3.36. The van der Waals surface area contributed by atoms with E-state index in [1.807, 2.05) is 30.5 Å². The SMILES string of the molecule is c1cncc(CCNc2nc(-c3cccc4[nH]cnc34)nc(N3CCCOCC3)n2)c1. The second kappa shape index (κ2) is 9.05. The molecule has 1 fully saturated rings. The third-order valence-electron chi connectivity index (χ3n) is 5.24. The van der Waals surface area contributed by atoms with E-state index in [2.05, 4.69) is 31.2 Å². The van der Waals surface area contributed by atoms with Gasteiger partial charge in [-0.05, 0) is 36.6 Å². The second-order valence-electron chi connectivity index (χ2n) is 7.38. The number of anilines is 2. The first-order valence-corrected chi connectivity index (χ1v) is 10.5. The van der Waals surface area contributed by atoms with E-state index in [0.717, 1.165) is 54.7 Å². The average molecular weight is 416 g/mol. The summed E-state index contributed by atoms with van der Waals surface area (Å²) in [5.74, 6) is 1.82. The molecule has 31 heavy (non-hydrogen) atoms. The summed E-state index contributed by atoms with van der Waals surface area (Å²) >= 11 is 0. The normalized spacial score (nSPS) is 14.5.